The van der Waals surface area contributed by atoms with Gasteiger partial charge in [-0.1, -0.05) is 64.4 Å². The van der Waals surface area contributed by atoms with Crippen LogP contribution in [0.25, 0.3) is 44.5 Å². The minimum atomic E-state index is -0.681. The van der Waals surface area contributed by atoms with Gasteiger partial charge in [0.25, 0.3) is 0 Å². The highest BCUT2D eigenvalue weighted by Gasteiger charge is 2.46. The number of hydrogen-bond donors (Lipinski definition) is 4. The number of H-pyrrole nitrogens is 2. The van der Waals surface area contributed by atoms with Crippen molar-refractivity contribution in [3.63, 3.8) is 0 Å². The highest BCUT2D eigenvalue weighted by molar-refractivity contribution is 5.90. The van der Waals surface area contributed by atoms with Gasteiger partial charge in [0.1, 0.15) is 23.7 Å². The van der Waals surface area contributed by atoms with Crippen molar-refractivity contribution in [3.8, 4) is 33.5 Å². The lowest BCUT2D eigenvalue weighted by atomic mass is 9.72. The lowest BCUT2D eigenvalue weighted by Gasteiger charge is -2.32. The van der Waals surface area contributed by atoms with Gasteiger partial charge < -0.3 is 39.9 Å². The molecule has 2 saturated carbocycles. The third-order valence-electron chi connectivity index (χ3n) is 17.2. The Labute approximate surface area is 404 Å². The Bertz CT molecular complexity index is 2850. The largest absolute Gasteiger partial charge is 0.453 e. The summed E-state index contributed by atoms with van der Waals surface area (Å²) in [7, 11) is 2.64. The van der Waals surface area contributed by atoms with Crippen molar-refractivity contribution < 1.29 is 28.7 Å². The number of hydrogen-bond acceptors (Lipinski definition) is 8. The van der Waals surface area contributed by atoms with Crippen LogP contribution in [0.2, 0.25) is 0 Å². The van der Waals surface area contributed by atoms with Gasteiger partial charge in [-0.05, 0) is 156 Å². The van der Waals surface area contributed by atoms with Crippen LogP contribution in [0.4, 0.5) is 9.59 Å². The van der Waals surface area contributed by atoms with Crippen molar-refractivity contribution in [1.29, 1.82) is 0 Å². The Morgan fingerprint density at radius 2 is 1.35 bits per heavy atom. The maximum atomic E-state index is 14.0. The average molecular weight is 935 g/mol. The van der Waals surface area contributed by atoms with E-state index in [1.54, 1.807) is 5.56 Å². The van der Waals surface area contributed by atoms with Crippen LogP contribution in [-0.4, -0.2) is 93.1 Å². The van der Waals surface area contributed by atoms with Crippen LogP contribution in [-0.2, 0) is 25.5 Å². The first kappa shape index (κ1) is 45.3. The van der Waals surface area contributed by atoms with Crippen molar-refractivity contribution in [2.45, 2.75) is 140 Å². The number of nitrogens with zero attached hydrogens (tertiary/aromatic N) is 4. The lowest BCUT2D eigenvalue weighted by Crippen LogP contribution is -2.51. The number of likely N-dealkylation sites (tertiary alicyclic amines) is 2. The molecule has 14 heteroatoms. The SMILES string of the molecule is CCC(C)[C@H](NC(=O)OC)C(=O)N1CCC[C@H]1c1nc2ccc(-c3ccc(-c4ccc(-c5cnc([C@@H]6CCCN6C(=O)[C@@H](NC(=O)OC)C(C)C)[nH]5)c5c4C4CCC4C5)c4c3C3CCC4C3)cc2[nH]1. The number of methoxy groups -OCH3 is 2. The number of aromatic nitrogens is 4. The maximum Gasteiger partial charge on any atom is 0.407 e. The summed E-state index contributed by atoms with van der Waals surface area (Å²) in [5, 5.41) is 5.57. The number of ether oxygens (including phenoxy) is 2. The minimum Gasteiger partial charge on any atom is -0.453 e. The van der Waals surface area contributed by atoms with Gasteiger partial charge in [0, 0.05) is 18.7 Å². The quantitative estimate of drug-likeness (QED) is 0.0956. The van der Waals surface area contributed by atoms with E-state index in [4.69, 9.17) is 19.4 Å². The molecule has 6 aliphatic rings. The molecule has 4 N–H and O–H groups in total. The molecule has 5 aromatic rings. The van der Waals surface area contributed by atoms with Crippen LogP contribution in [0.5, 0.6) is 0 Å². The number of imidazole rings is 2. The zero-order valence-electron chi connectivity index (χ0n) is 40.8. The molecule has 2 bridgehead atoms. The molecule has 4 heterocycles. The standard InChI is InChI=1S/C55H66N8O6/c1-7-29(4)49(61-55(67)69-6)53(65)63-23-9-11-44(63)51-57-40-21-15-31(26-41(40)58-51)34-17-19-37(46-33-13-12-32(24-33)45(34)46)38-20-18-36(39-25-30-14-16-35(30)47(38)39)42-27-56-50(59-42)43-10-8-22-62(43)52(64)48(28(2)3)60-54(66)68-5/h15,17-21,26-30,32-33,35,43-44,48-49H,7-14,16,22-25H2,1-6H3,(H,56,59)(H,57,58)(H,60,66)(H,61,67)/t29?,30?,32?,33?,35?,43-,44-,48-,49-/m0/s1. The summed E-state index contributed by atoms with van der Waals surface area (Å²) in [4.78, 5) is 73.6. The number of aromatic amines is 2. The first-order chi connectivity index (χ1) is 33.5. The maximum absolute atomic E-state index is 14.0. The van der Waals surface area contributed by atoms with E-state index in [1.165, 1.54) is 90.8 Å². The fraction of sp³-hybridized carbons (Fsp3) is 0.527. The van der Waals surface area contributed by atoms with Gasteiger partial charge in [-0.15, -0.1) is 0 Å². The van der Waals surface area contributed by atoms with Crippen LogP contribution < -0.4 is 10.6 Å². The van der Waals surface area contributed by atoms with Crippen molar-refractivity contribution in [2.75, 3.05) is 27.3 Å². The first-order valence-electron chi connectivity index (χ1n) is 25.6. The van der Waals surface area contributed by atoms with Gasteiger partial charge in [-0.3, -0.25) is 9.59 Å². The van der Waals surface area contributed by atoms with Gasteiger partial charge in [-0.25, -0.2) is 19.6 Å². The van der Waals surface area contributed by atoms with Crippen molar-refractivity contribution in [2.24, 2.45) is 17.8 Å². The molecule has 9 atom stereocenters. The van der Waals surface area contributed by atoms with Gasteiger partial charge in [-0.2, -0.15) is 0 Å². The Kier molecular flexibility index (Phi) is 11.8. The average Bonchev–Trinajstić information content (AvgIpc) is 4.22. The summed E-state index contributed by atoms with van der Waals surface area (Å²) in [6.07, 6.45) is 12.0. The number of fused-ring (bicyclic) bond motifs is 9. The summed E-state index contributed by atoms with van der Waals surface area (Å²) in [5.74, 6) is 3.50. The Morgan fingerprint density at radius 3 is 2.00 bits per heavy atom. The molecule has 4 aliphatic carbocycles. The first-order valence-corrected chi connectivity index (χ1v) is 25.6. The molecule has 0 spiro atoms. The number of nitrogens with one attached hydrogen (secondary N) is 4. The molecule has 69 heavy (non-hydrogen) atoms. The Balaban J connectivity index is 0.898. The van der Waals surface area contributed by atoms with E-state index in [0.29, 0.717) is 36.8 Å². The van der Waals surface area contributed by atoms with Crippen molar-refractivity contribution >= 4 is 35.0 Å². The predicted molar refractivity (Wildman–Crippen MR) is 263 cm³/mol. The molecule has 2 saturated heterocycles. The van der Waals surface area contributed by atoms with Crippen molar-refractivity contribution in [1.82, 2.24) is 40.4 Å². The second-order valence-corrected chi connectivity index (χ2v) is 21.2. The van der Waals surface area contributed by atoms with E-state index in [1.807, 2.05) is 43.7 Å². The summed E-state index contributed by atoms with van der Waals surface area (Å²) in [6, 6.07) is 14.3. The molecule has 2 aromatic heterocycles. The Morgan fingerprint density at radius 1 is 0.725 bits per heavy atom. The van der Waals surface area contributed by atoms with Crippen LogP contribution in [0.15, 0.2) is 48.7 Å². The van der Waals surface area contributed by atoms with Crippen LogP contribution in [0, 0.1) is 17.8 Å². The molecule has 5 unspecified atom stereocenters. The smallest absolute Gasteiger partial charge is 0.407 e. The zero-order chi connectivity index (χ0) is 47.8. The molecule has 3 aromatic carbocycles. The summed E-state index contributed by atoms with van der Waals surface area (Å²) >= 11 is 0. The normalized spacial score (nSPS) is 24.4. The number of carbonyl (C=O) groups is 4. The topological polar surface area (TPSA) is 175 Å². The third-order valence-corrected chi connectivity index (χ3v) is 17.2. The minimum absolute atomic E-state index is 0.0519. The number of benzene rings is 3. The van der Waals surface area contributed by atoms with Gasteiger partial charge in [0.2, 0.25) is 11.8 Å². The highest BCUT2D eigenvalue weighted by atomic mass is 16.5. The van der Waals surface area contributed by atoms with Crippen molar-refractivity contribution in [3.05, 3.63) is 82.6 Å². The molecule has 4 fully saturated rings. The summed E-state index contributed by atoms with van der Waals surface area (Å²) in [5.41, 5.74) is 15.3. The molecular formula is C55H66N8O6. The molecule has 14 nitrogen and oxygen atoms in total. The molecule has 0 radical (unpaired) electrons. The summed E-state index contributed by atoms with van der Waals surface area (Å²) < 4.78 is 9.74. The Hall–Kier alpha value is -6.18. The lowest BCUT2D eigenvalue weighted by molar-refractivity contribution is -0.136. The molecule has 11 rings (SSSR count). The number of amides is 4. The van der Waals surface area contributed by atoms with Gasteiger partial charge >= 0.3 is 12.2 Å². The molecular weight excluding hydrogens is 869 g/mol. The zero-order valence-corrected chi connectivity index (χ0v) is 40.8. The molecule has 4 amide bonds. The van der Waals surface area contributed by atoms with Crippen LogP contribution in [0.1, 0.15) is 156 Å². The van der Waals surface area contributed by atoms with Gasteiger partial charge in [0.15, 0.2) is 0 Å². The van der Waals surface area contributed by atoms with Gasteiger partial charge in [0.05, 0.1) is 49.2 Å². The predicted octanol–water partition coefficient (Wildman–Crippen LogP) is 10.2. The number of carbonyl (C=O) groups excluding carboxylic acids is 4. The van der Waals surface area contributed by atoms with E-state index >= 15 is 0 Å². The van der Waals surface area contributed by atoms with E-state index in [9.17, 15) is 19.2 Å². The fourth-order valence-electron chi connectivity index (χ4n) is 13.3. The van der Waals surface area contributed by atoms with E-state index in [2.05, 4.69) is 63.1 Å². The molecule has 2 aliphatic heterocycles. The van der Waals surface area contributed by atoms with Crippen LogP contribution >= 0.6 is 0 Å². The number of rotatable bonds is 12. The van der Waals surface area contributed by atoms with E-state index < -0.39 is 24.3 Å². The van der Waals surface area contributed by atoms with Crippen LogP contribution in [0.3, 0.4) is 0 Å². The van der Waals surface area contributed by atoms with E-state index in [-0.39, 0.29) is 35.7 Å². The molecule has 362 valence electrons. The monoisotopic (exact) mass is 935 g/mol. The number of alkyl carbamates (subject to hydrolysis) is 2. The third kappa shape index (κ3) is 7.67. The fourth-order valence-corrected chi connectivity index (χ4v) is 13.3. The summed E-state index contributed by atoms with van der Waals surface area (Å²) in [6.45, 7) is 9.12. The second-order valence-electron chi connectivity index (χ2n) is 21.2. The second kappa shape index (κ2) is 18.0. The highest BCUT2D eigenvalue weighted by Crippen LogP contribution is 2.61. The van der Waals surface area contributed by atoms with E-state index in [0.717, 1.165) is 66.9 Å².